The van der Waals surface area contributed by atoms with Gasteiger partial charge in [-0.15, -0.1) is 10.2 Å². The second kappa shape index (κ2) is 5.20. The van der Waals surface area contributed by atoms with E-state index in [0.29, 0.717) is 18.2 Å². The van der Waals surface area contributed by atoms with Crippen molar-refractivity contribution in [2.75, 3.05) is 18.1 Å². The van der Waals surface area contributed by atoms with Gasteiger partial charge >= 0.3 is 0 Å². The fourth-order valence-corrected chi connectivity index (χ4v) is 4.09. The Kier molecular flexibility index (Phi) is 3.58. The first-order chi connectivity index (χ1) is 9.12. The highest BCUT2D eigenvalue weighted by molar-refractivity contribution is 7.91. The van der Waals surface area contributed by atoms with Crippen molar-refractivity contribution in [3.8, 4) is 0 Å². The molecule has 1 unspecified atom stereocenters. The Hall–Kier alpha value is -0.950. The van der Waals surface area contributed by atoms with E-state index < -0.39 is 9.84 Å². The number of aryl methyl sites for hydroxylation is 1. The Labute approximate surface area is 112 Å². The van der Waals surface area contributed by atoms with Crippen LogP contribution in [0.4, 0.5) is 0 Å². The molecule has 0 aromatic carbocycles. The number of aromatic nitrogens is 2. The van der Waals surface area contributed by atoms with Gasteiger partial charge in [0.25, 0.3) is 0 Å². The molecule has 0 spiro atoms. The first-order valence-corrected chi connectivity index (χ1v) is 8.70. The lowest BCUT2D eigenvalue weighted by Gasteiger charge is -2.00. The highest BCUT2D eigenvalue weighted by Gasteiger charge is 2.32. The molecule has 106 valence electrons. The molecule has 0 bridgehead atoms. The smallest absolute Gasteiger partial charge is 0.220 e. The molecule has 1 saturated heterocycles. The molecule has 1 N–H and O–H groups in total. The first-order valence-electron chi connectivity index (χ1n) is 6.88. The lowest BCUT2D eigenvalue weighted by Crippen LogP contribution is -2.17. The Balaban J connectivity index is 1.48. The van der Waals surface area contributed by atoms with E-state index in [1.807, 2.05) is 0 Å². The number of nitrogens with zero attached hydrogens (tertiary/aromatic N) is 2. The number of rotatable bonds is 6. The fourth-order valence-electron chi connectivity index (χ4n) is 2.36. The van der Waals surface area contributed by atoms with Gasteiger partial charge in [-0.05, 0) is 32.2 Å². The van der Waals surface area contributed by atoms with Crippen LogP contribution in [0, 0.1) is 0 Å². The normalized spacial score (nSPS) is 25.8. The summed E-state index contributed by atoms with van der Waals surface area (Å²) >= 11 is 0. The SMILES string of the molecule is O=S1(=O)CCC(c2nnc(CCCNC3CC3)o2)C1. The average molecular weight is 285 g/mol. The highest BCUT2D eigenvalue weighted by atomic mass is 32.2. The van der Waals surface area contributed by atoms with Crippen LogP contribution in [0.15, 0.2) is 4.42 Å². The minimum absolute atomic E-state index is 0.101. The van der Waals surface area contributed by atoms with E-state index in [1.165, 1.54) is 12.8 Å². The molecule has 7 heteroatoms. The van der Waals surface area contributed by atoms with Crippen molar-refractivity contribution in [3.05, 3.63) is 11.8 Å². The second-order valence-electron chi connectivity index (χ2n) is 5.47. The van der Waals surface area contributed by atoms with Crippen LogP contribution in [0.5, 0.6) is 0 Å². The monoisotopic (exact) mass is 285 g/mol. The van der Waals surface area contributed by atoms with Crippen molar-refractivity contribution in [3.63, 3.8) is 0 Å². The molecule has 3 rings (SSSR count). The first kappa shape index (κ1) is 13.1. The summed E-state index contributed by atoms with van der Waals surface area (Å²) in [6.45, 7) is 0.972. The molecular formula is C12H19N3O3S. The quantitative estimate of drug-likeness (QED) is 0.773. The minimum atomic E-state index is -2.90. The van der Waals surface area contributed by atoms with Crippen LogP contribution in [0.25, 0.3) is 0 Å². The minimum Gasteiger partial charge on any atom is -0.425 e. The number of nitrogens with one attached hydrogen (secondary N) is 1. The van der Waals surface area contributed by atoms with Gasteiger partial charge in [0.15, 0.2) is 9.84 Å². The van der Waals surface area contributed by atoms with E-state index in [2.05, 4.69) is 15.5 Å². The molecular weight excluding hydrogens is 266 g/mol. The molecule has 6 nitrogen and oxygen atoms in total. The van der Waals surface area contributed by atoms with Crippen molar-refractivity contribution in [2.45, 2.75) is 44.1 Å². The van der Waals surface area contributed by atoms with E-state index in [1.54, 1.807) is 0 Å². The molecule has 1 saturated carbocycles. The largest absolute Gasteiger partial charge is 0.425 e. The maximum atomic E-state index is 11.4. The van der Waals surface area contributed by atoms with Gasteiger partial charge in [-0.25, -0.2) is 8.42 Å². The predicted molar refractivity (Wildman–Crippen MR) is 69.7 cm³/mol. The molecule has 1 aromatic rings. The Morgan fingerprint density at radius 2 is 2.11 bits per heavy atom. The van der Waals surface area contributed by atoms with Crippen molar-refractivity contribution in [1.29, 1.82) is 0 Å². The van der Waals surface area contributed by atoms with Gasteiger partial charge in [0.05, 0.1) is 17.4 Å². The molecule has 2 fully saturated rings. The van der Waals surface area contributed by atoms with Gasteiger partial charge in [0.2, 0.25) is 11.8 Å². The Morgan fingerprint density at radius 1 is 1.26 bits per heavy atom. The zero-order valence-corrected chi connectivity index (χ0v) is 11.7. The maximum Gasteiger partial charge on any atom is 0.220 e. The number of hydrogen-bond acceptors (Lipinski definition) is 6. The zero-order valence-electron chi connectivity index (χ0n) is 10.8. The molecule has 1 aliphatic carbocycles. The molecule has 1 aliphatic heterocycles. The standard InChI is InChI=1S/C12H19N3O3S/c16-19(17)7-5-9(8-19)12-15-14-11(18-12)2-1-6-13-10-3-4-10/h9-10,13H,1-8H2. The van der Waals surface area contributed by atoms with E-state index in [0.717, 1.165) is 25.4 Å². The molecule has 19 heavy (non-hydrogen) atoms. The van der Waals surface area contributed by atoms with Crippen molar-refractivity contribution in [1.82, 2.24) is 15.5 Å². The summed E-state index contributed by atoms with van der Waals surface area (Å²) in [5, 5.41) is 11.4. The van der Waals surface area contributed by atoms with E-state index in [-0.39, 0.29) is 17.4 Å². The average Bonchev–Trinajstić information content (AvgIpc) is 2.94. The topological polar surface area (TPSA) is 85.1 Å². The number of hydrogen-bond donors (Lipinski definition) is 1. The molecule has 0 radical (unpaired) electrons. The molecule has 1 aromatic heterocycles. The summed E-state index contributed by atoms with van der Waals surface area (Å²) in [6, 6.07) is 0.724. The summed E-state index contributed by atoms with van der Waals surface area (Å²) in [5.74, 6) is 1.40. The van der Waals surface area contributed by atoms with Gasteiger partial charge < -0.3 is 9.73 Å². The van der Waals surface area contributed by atoms with Gasteiger partial charge in [0, 0.05) is 12.5 Å². The van der Waals surface area contributed by atoms with E-state index in [9.17, 15) is 8.42 Å². The molecule has 2 aliphatic rings. The molecule has 0 amide bonds. The van der Waals surface area contributed by atoms with Gasteiger partial charge in [-0.1, -0.05) is 0 Å². The van der Waals surface area contributed by atoms with Crippen LogP contribution in [-0.2, 0) is 16.3 Å². The Morgan fingerprint density at radius 3 is 2.79 bits per heavy atom. The third-order valence-corrected chi connectivity index (χ3v) is 5.41. The number of sulfone groups is 1. The molecule has 2 heterocycles. The van der Waals surface area contributed by atoms with Gasteiger partial charge in [0.1, 0.15) is 0 Å². The van der Waals surface area contributed by atoms with Gasteiger partial charge in [-0.2, -0.15) is 0 Å². The lowest BCUT2D eigenvalue weighted by atomic mass is 10.1. The third-order valence-electron chi connectivity index (χ3n) is 3.64. The summed E-state index contributed by atoms with van der Waals surface area (Å²) < 4.78 is 28.4. The van der Waals surface area contributed by atoms with Crippen LogP contribution in [0.1, 0.15) is 43.4 Å². The predicted octanol–water partition coefficient (Wildman–Crippen LogP) is 0.656. The van der Waals surface area contributed by atoms with E-state index in [4.69, 9.17) is 4.42 Å². The fraction of sp³-hybridized carbons (Fsp3) is 0.833. The highest BCUT2D eigenvalue weighted by Crippen LogP contribution is 2.27. The van der Waals surface area contributed by atoms with Crippen molar-refractivity contribution < 1.29 is 12.8 Å². The lowest BCUT2D eigenvalue weighted by molar-refractivity contribution is 0.419. The van der Waals surface area contributed by atoms with Crippen LogP contribution < -0.4 is 5.32 Å². The summed E-state index contributed by atoms with van der Waals surface area (Å²) in [5.41, 5.74) is 0. The summed E-state index contributed by atoms with van der Waals surface area (Å²) in [4.78, 5) is 0. The van der Waals surface area contributed by atoms with Crippen molar-refractivity contribution in [2.24, 2.45) is 0 Å². The van der Waals surface area contributed by atoms with Gasteiger partial charge in [-0.3, -0.25) is 0 Å². The third kappa shape index (κ3) is 3.54. The van der Waals surface area contributed by atoms with Crippen LogP contribution in [-0.4, -0.2) is 42.7 Å². The summed E-state index contributed by atoms with van der Waals surface area (Å²) in [6.07, 6.45) is 4.92. The van der Waals surface area contributed by atoms with E-state index >= 15 is 0 Å². The van der Waals surface area contributed by atoms with Crippen LogP contribution in [0.2, 0.25) is 0 Å². The second-order valence-corrected chi connectivity index (χ2v) is 7.69. The maximum absolute atomic E-state index is 11.4. The van der Waals surface area contributed by atoms with Crippen LogP contribution >= 0.6 is 0 Å². The Bertz CT molecular complexity index is 536. The van der Waals surface area contributed by atoms with Crippen molar-refractivity contribution >= 4 is 9.84 Å². The van der Waals surface area contributed by atoms with Crippen LogP contribution in [0.3, 0.4) is 0 Å². The molecule has 1 atom stereocenters. The summed E-state index contributed by atoms with van der Waals surface area (Å²) in [7, 11) is -2.90. The zero-order chi connectivity index (χ0) is 13.3.